The third kappa shape index (κ3) is 16.8. The second-order valence-electron chi connectivity index (χ2n) is 14.1. The van der Waals surface area contributed by atoms with Crippen molar-refractivity contribution in [3.63, 3.8) is 0 Å². The Morgan fingerprint density at radius 3 is 0.923 bits per heavy atom. The van der Waals surface area contributed by atoms with E-state index >= 15 is 0 Å². The zero-order valence-electron chi connectivity index (χ0n) is 27.2. The molecule has 2 unspecified atom stereocenters. The van der Waals surface area contributed by atoms with Gasteiger partial charge < -0.3 is 14.2 Å². The smallest absolute Gasteiger partial charge is 0.173 e. The zero-order valence-corrected chi connectivity index (χ0v) is 27.2. The van der Waals surface area contributed by atoms with Gasteiger partial charge >= 0.3 is 0 Å². The first-order valence-electron chi connectivity index (χ1n) is 17.9. The average Bonchev–Trinajstić information content (AvgIpc) is 2.85. The van der Waals surface area contributed by atoms with Gasteiger partial charge in [0.2, 0.25) is 0 Å². The lowest BCUT2D eigenvalue weighted by Crippen LogP contribution is -2.57. The average molecular weight is 551 g/mol. The van der Waals surface area contributed by atoms with Crippen LogP contribution < -0.4 is 0 Å². The van der Waals surface area contributed by atoms with Crippen molar-refractivity contribution in [2.75, 3.05) is 13.2 Å². The number of unbranched alkanes of at least 4 members (excludes halogenated alkanes) is 18. The molecule has 232 valence electrons. The van der Waals surface area contributed by atoms with Crippen LogP contribution in [0.1, 0.15) is 195 Å². The fourth-order valence-electron chi connectivity index (χ4n) is 6.38. The molecule has 0 aromatic heterocycles. The number of rotatable bonds is 28. The molecule has 0 aromatic rings. The molecule has 0 aliphatic carbocycles. The van der Waals surface area contributed by atoms with Crippen molar-refractivity contribution in [2.24, 2.45) is 11.8 Å². The van der Waals surface area contributed by atoms with Crippen LogP contribution in [0.2, 0.25) is 0 Å². The Morgan fingerprint density at radius 1 is 0.436 bits per heavy atom. The van der Waals surface area contributed by atoms with Crippen molar-refractivity contribution in [2.45, 2.75) is 206 Å². The van der Waals surface area contributed by atoms with E-state index < -0.39 is 0 Å². The van der Waals surface area contributed by atoms with E-state index in [1.165, 1.54) is 141 Å². The largest absolute Gasteiger partial charge is 0.349 e. The van der Waals surface area contributed by atoms with Gasteiger partial charge in [-0.15, -0.1) is 0 Å². The minimum absolute atomic E-state index is 0.342. The molecule has 3 heteroatoms. The summed E-state index contributed by atoms with van der Waals surface area (Å²) in [5.41, 5.74) is 0. The normalized spacial score (nSPS) is 22.9. The fourth-order valence-corrected chi connectivity index (χ4v) is 6.38. The van der Waals surface area contributed by atoms with Gasteiger partial charge in [-0.1, -0.05) is 156 Å². The number of hydrogen-bond acceptors (Lipinski definition) is 3. The summed E-state index contributed by atoms with van der Waals surface area (Å²) in [6.45, 7) is 11.1. The summed E-state index contributed by atoms with van der Waals surface area (Å²) in [7, 11) is 0. The first-order chi connectivity index (χ1) is 19.0. The summed E-state index contributed by atoms with van der Waals surface area (Å²) in [4.78, 5) is 0. The van der Waals surface area contributed by atoms with Crippen molar-refractivity contribution >= 4 is 0 Å². The predicted octanol–water partition coefficient (Wildman–Crippen LogP) is 11.9. The van der Waals surface area contributed by atoms with Crippen LogP contribution >= 0.6 is 0 Å². The van der Waals surface area contributed by atoms with E-state index in [1.807, 2.05) is 0 Å². The lowest BCUT2D eigenvalue weighted by atomic mass is 9.95. The fraction of sp³-hybridized carbons (Fsp3) is 1.00. The molecule has 39 heavy (non-hydrogen) atoms. The van der Waals surface area contributed by atoms with Crippen LogP contribution in [0.3, 0.4) is 0 Å². The van der Waals surface area contributed by atoms with Crippen LogP contribution in [0, 0.1) is 11.8 Å². The molecule has 2 saturated heterocycles. The van der Waals surface area contributed by atoms with Crippen molar-refractivity contribution in [3.05, 3.63) is 0 Å². The third-order valence-electron chi connectivity index (χ3n) is 9.25. The summed E-state index contributed by atoms with van der Waals surface area (Å²) in [6, 6.07) is 0. The molecule has 2 heterocycles. The summed E-state index contributed by atoms with van der Waals surface area (Å²) >= 11 is 0. The molecule has 0 N–H and O–H groups in total. The highest BCUT2D eigenvalue weighted by Crippen LogP contribution is 2.44. The zero-order chi connectivity index (χ0) is 28.1. The second kappa shape index (κ2) is 21.6. The van der Waals surface area contributed by atoms with Gasteiger partial charge in [-0.25, -0.2) is 0 Å². The minimum atomic E-state index is -0.342. The second-order valence-corrected chi connectivity index (χ2v) is 14.1. The number of hydrogen-bond donors (Lipinski definition) is 0. The lowest BCUT2D eigenvalue weighted by molar-refractivity contribution is -0.432. The van der Waals surface area contributed by atoms with Gasteiger partial charge in [-0.2, -0.15) is 0 Å². The van der Waals surface area contributed by atoms with E-state index in [-0.39, 0.29) is 11.6 Å². The molecular formula is C36H70O3. The molecule has 2 aliphatic heterocycles. The molecule has 0 bridgehead atoms. The van der Waals surface area contributed by atoms with Gasteiger partial charge in [0.1, 0.15) is 0 Å². The van der Waals surface area contributed by atoms with Crippen LogP contribution in [0.15, 0.2) is 0 Å². The predicted molar refractivity (Wildman–Crippen MR) is 168 cm³/mol. The molecule has 2 aliphatic rings. The van der Waals surface area contributed by atoms with Crippen molar-refractivity contribution in [1.82, 2.24) is 0 Å². The topological polar surface area (TPSA) is 27.7 Å². The standard InChI is InChI=1S/C36H70O3/c1-33(2)25-21-17-13-9-5-7-11-15-19-23-27-35(29-31-37-35)39-36(30-32-38-36)28-24-20-16-12-8-6-10-14-18-22-26-34(3)4/h33-34H,5-32H2,1-4H3. The summed E-state index contributed by atoms with van der Waals surface area (Å²) < 4.78 is 18.8. The lowest BCUT2D eigenvalue weighted by Gasteiger charge is -2.51. The third-order valence-corrected chi connectivity index (χ3v) is 9.25. The van der Waals surface area contributed by atoms with Crippen LogP contribution in [0.5, 0.6) is 0 Å². The Kier molecular flexibility index (Phi) is 19.4. The Hall–Kier alpha value is -0.120. The minimum Gasteiger partial charge on any atom is -0.349 e. The van der Waals surface area contributed by atoms with E-state index in [2.05, 4.69) is 27.7 Å². The molecule has 2 atom stereocenters. The highest BCUT2D eigenvalue weighted by Gasteiger charge is 2.50. The van der Waals surface area contributed by atoms with Gasteiger partial charge in [-0.3, -0.25) is 0 Å². The van der Waals surface area contributed by atoms with Gasteiger partial charge in [-0.05, 0) is 24.7 Å². The van der Waals surface area contributed by atoms with Gasteiger partial charge in [0.15, 0.2) is 11.6 Å². The molecule has 0 aromatic carbocycles. The maximum atomic E-state index is 6.67. The Balaban J connectivity index is 1.44. The van der Waals surface area contributed by atoms with Crippen LogP contribution in [0.25, 0.3) is 0 Å². The maximum Gasteiger partial charge on any atom is 0.173 e. The molecule has 2 rings (SSSR count). The highest BCUT2D eigenvalue weighted by atomic mass is 16.8. The Bertz CT molecular complexity index is 502. The van der Waals surface area contributed by atoms with Gasteiger partial charge in [0, 0.05) is 25.7 Å². The van der Waals surface area contributed by atoms with E-state index in [9.17, 15) is 0 Å². The van der Waals surface area contributed by atoms with Gasteiger partial charge in [0.05, 0.1) is 13.2 Å². The van der Waals surface area contributed by atoms with Crippen molar-refractivity contribution in [3.8, 4) is 0 Å². The first kappa shape index (κ1) is 35.1. The molecular weight excluding hydrogens is 480 g/mol. The van der Waals surface area contributed by atoms with Gasteiger partial charge in [0.25, 0.3) is 0 Å². The Morgan fingerprint density at radius 2 is 0.692 bits per heavy atom. The molecule has 0 radical (unpaired) electrons. The molecule has 0 amide bonds. The molecule has 0 spiro atoms. The number of ether oxygens (including phenoxy) is 3. The quantitative estimate of drug-likeness (QED) is 0.0906. The van der Waals surface area contributed by atoms with E-state index in [0.29, 0.717) is 0 Å². The van der Waals surface area contributed by atoms with E-state index in [0.717, 1.165) is 50.7 Å². The monoisotopic (exact) mass is 551 g/mol. The Labute approximate surface area is 245 Å². The molecule has 2 fully saturated rings. The van der Waals surface area contributed by atoms with Crippen LogP contribution in [-0.4, -0.2) is 24.8 Å². The maximum absolute atomic E-state index is 6.67. The highest BCUT2D eigenvalue weighted by molar-refractivity contribution is 4.86. The van der Waals surface area contributed by atoms with Crippen LogP contribution in [-0.2, 0) is 14.2 Å². The van der Waals surface area contributed by atoms with Crippen LogP contribution in [0.4, 0.5) is 0 Å². The van der Waals surface area contributed by atoms with E-state index in [4.69, 9.17) is 14.2 Å². The van der Waals surface area contributed by atoms with E-state index in [1.54, 1.807) is 0 Å². The van der Waals surface area contributed by atoms with Crippen molar-refractivity contribution < 1.29 is 14.2 Å². The summed E-state index contributed by atoms with van der Waals surface area (Å²) in [6.07, 6.45) is 34.7. The van der Waals surface area contributed by atoms with Crippen molar-refractivity contribution in [1.29, 1.82) is 0 Å². The molecule has 0 saturated carbocycles. The first-order valence-corrected chi connectivity index (χ1v) is 17.9. The summed E-state index contributed by atoms with van der Waals surface area (Å²) in [5, 5.41) is 0. The molecule has 3 nitrogen and oxygen atoms in total. The summed E-state index contributed by atoms with van der Waals surface area (Å²) in [5.74, 6) is 1.06. The SMILES string of the molecule is CC(C)CCCCCCCCCCCCC1(OC2(CCCCCCCCCCCCC(C)C)CCO2)CCO1.